The van der Waals surface area contributed by atoms with Crippen molar-refractivity contribution in [3.05, 3.63) is 70.7 Å². The van der Waals surface area contributed by atoms with Gasteiger partial charge in [0, 0.05) is 4.47 Å². The molecule has 3 rings (SSSR count). The first-order valence-electron chi connectivity index (χ1n) is 6.94. The molecule has 0 bridgehead atoms. The number of aliphatic hydroxyl groups is 1. The summed E-state index contributed by atoms with van der Waals surface area (Å²) in [5.41, 5.74) is 1.73. The van der Waals surface area contributed by atoms with E-state index in [1.807, 2.05) is 48.5 Å². The third kappa shape index (κ3) is 2.77. The first-order chi connectivity index (χ1) is 10.5. The maximum absolute atomic E-state index is 12.1. The third-order valence-corrected chi connectivity index (χ3v) is 4.38. The maximum Gasteiger partial charge on any atom is 0.191 e. The van der Waals surface area contributed by atoms with Crippen LogP contribution in [0.1, 0.15) is 12.5 Å². The Hall–Kier alpha value is -1.75. The van der Waals surface area contributed by atoms with Crippen molar-refractivity contribution in [2.75, 3.05) is 0 Å². The van der Waals surface area contributed by atoms with Crippen LogP contribution in [0.2, 0.25) is 0 Å². The molecule has 0 spiro atoms. The van der Waals surface area contributed by atoms with Gasteiger partial charge in [-0.25, -0.2) is 0 Å². The van der Waals surface area contributed by atoms with Gasteiger partial charge < -0.3 is 9.84 Å². The van der Waals surface area contributed by atoms with Gasteiger partial charge in [-0.15, -0.1) is 0 Å². The molecule has 4 heteroatoms. The predicted molar refractivity (Wildman–Crippen MR) is 88.2 cm³/mol. The lowest BCUT2D eigenvalue weighted by Crippen LogP contribution is -2.40. The van der Waals surface area contributed by atoms with Crippen LogP contribution in [0.25, 0.3) is 11.1 Å². The third-order valence-electron chi connectivity index (χ3n) is 3.85. The summed E-state index contributed by atoms with van der Waals surface area (Å²) in [6.07, 6.45) is 1.66. The highest BCUT2D eigenvalue weighted by Gasteiger charge is 2.38. The lowest BCUT2D eigenvalue weighted by atomic mass is 9.88. The van der Waals surface area contributed by atoms with Crippen molar-refractivity contribution in [3.8, 4) is 11.1 Å². The zero-order valence-electron chi connectivity index (χ0n) is 12.0. The second-order valence-electron chi connectivity index (χ2n) is 5.35. The minimum absolute atomic E-state index is 0.172. The zero-order chi connectivity index (χ0) is 15.7. The van der Waals surface area contributed by atoms with E-state index in [4.69, 9.17) is 4.74 Å². The molecule has 1 N–H and O–H groups in total. The first kappa shape index (κ1) is 15.2. The molecule has 2 aromatic rings. The Labute approximate surface area is 137 Å². The zero-order valence-corrected chi connectivity index (χ0v) is 13.6. The van der Waals surface area contributed by atoms with Crippen LogP contribution in [0.3, 0.4) is 0 Å². The predicted octanol–water partition coefficient (Wildman–Crippen LogP) is 3.81. The van der Waals surface area contributed by atoms with E-state index in [1.165, 1.54) is 12.2 Å². The van der Waals surface area contributed by atoms with E-state index in [9.17, 15) is 9.90 Å². The molecular formula is C18H15BrO3. The van der Waals surface area contributed by atoms with Gasteiger partial charge in [-0.05, 0) is 47.9 Å². The van der Waals surface area contributed by atoms with Crippen LogP contribution in [-0.2, 0) is 15.1 Å². The van der Waals surface area contributed by atoms with Gasteiger partial charge in [0.05, 0.1) is 0 Å². The van der Waals surface area contributed by atoms with Gasteiger partial charge in [-0.2, -0.15) is 0 Å². The standard InChI is InChI=1S/C18H15BrO3/c1-18(16(20)10-11-17(21)22-18)14-6-2-12(3-7-14)13-4-8-15(19)9-5-13/h2-11,17,21H,1H3/t17-,18-/m0/s1. The van der Waals surface area contributed by atoms with Crippen molar-refractivity contribution in [1.29, 1.82) is 0 Å². The molecule has 2 aromatic carbocycles. The molecule has 0 fully saturated rings. The molecule has 1 heterocycles. The Bertz CT molecular complexity index is 719. The molecule has 22 heavy (non-hydrogen) atoms. The van der Waals surface area contributed by atoms with Crippen molar-refractivity contribution >= 4 is 21.7 Å². The van der Waals surface area contributed by atoms with Crippen molar-refractivity contribution < 1.29 is 14.6 Å². The normalized spacial score (nSPS) is 24.5. The smallest absolute Gasteiger partial charge is 0.191 e. The number of aliphatic hydroxyl groups excluding tert-OH is 1. The summed E-state index contributed by atoms with van der Waals surface area (Å²) in [6.45, 7) is 1.68. The summed E-state index contributed by atoms with van der Waals surface area (Å²) >= 11 is 3.42. The highest BCUT2D eigenvalue weighted by atomic mass is 79.9. The molecular weight excluding hydrogens is 344 g/mol. The second kappa shape index (κ2) is 5.80. The van der Waals surface area contributed by atoms with E-state index in [-0.39, 0.29) is 5.78 Å². The number of hydrogen-bond acceptors (Lipinski definition) is 3. The highest BCUT2D eigenvalue weighted by Crippen LogP contribution is 2.32. The van der Waals surface area contributed by atoms with Crippen LogP contribution < -0.4 is 0 Å². The van der Waals surface area contributed by atoms with Gasteiger partial charge in [0.15, 0.2) is 17.7 Å². The largest absolute Gasteiger partial charge is 0.365 e. The van der Waals surface area contributed by atoms with E-state index in [0.717, 1.165) is 21.2 Å². The van der Waals surface area contributed by atoms with Crippen LogP contribution in [0.15, 0.2) is 65.2 Å². The van der Waals surface area contributed by atoms with Crippen LogP contribution in [0.5, 0.6) is 0 Å². The van der Waals surface area contributed by atoms with E-state index in [2.05, 4.69) is 15.9 Å². The molecule has 0 unspecified atom stereocenters. The topological polar surface area (TPSA) is 46.5 Å². The summed E-state index contributed by atoms with van der Waals surface area (Å²) < 4.78 is 6.48. The van der Waals surface area contributed by atoms with Crippen molar-refractivity contribution in [1.82, 2.24) is 0 Å². The van der Waals surface area contributed by atoms with Crippen LogP contribution >= 0.6 is 15.9 Å². The average Bonchev–Trinajstić information content (AvgIpc) is 2.52. The van der Waals surface area contributed by atoms with Crippen LogP contribution in [0.4, 0.5) is 0 Å². The van der Waals surface area contributed by atoms with Gasteiger partial charge >= 0.3 is 0 Å². The quantitative estimate of drug-likeness (QED) is 0.887. The van der Waals surface area contributed by atoms with E-state index in [0.29, 0.717) is 0 Å². The van der Waals surface area contributed by atoms with Crippen molar-refractivity contribution in [2.24, 2.45) is 0 Å². The summed E-state index contributed by atoms with van der Waals surface area (Å²) in [5.74, 6) is -0.172. The lowest BCUT2D eigenvalue weighted by Gasteiger charge is -2.32. The van der Waals surface area contributed by atoms with E-state index >= 15 is 0 Å². The van der Waals surface area contributed by atoms with Crippen LogP contribution in [-0.4, -0.2) is 17.2 Å². The Kier molecular flexibility index (Phi) is 4.00. The SMILES string of the molecule is C[C@@]1(c2ccc(-c3ccc(Br)cc3)cc2)O[C@H](O)C=CC1=O. The summed E-state index contributed by atoms with van der Waals surface area (Å²) in [7, 11) is 0. The molecule has 3 nitrogen and oxygen atoms in total. The number of halogens is 1. The Morgan fingerprint density at radius 3 is 2.18 bits per heavy atom. The first-order valence-corrected chi connectivity index (χ1v) is 7.73. The minimum Gasteiger partial charge on any atom is -0.365 e. The van der Waals surface area contributed by atoms with Crippen molar-refractivity contribution in [2.45, 2.75) is 18.8 Å². The van der Waals surface area contributed by atoms with Crippen molar-refractivity contribution in [3.63, 3.8) is 0 Å². The molecule has 0 saturated carbocycles. The number of carbonyl (C=O) groups excluding carboxylic acids is 1. The fourth-order valence-electron chi connectivity index (χ4n) is 2.50. The molecule has 1 aliphatic rings. The van der Waals surface area contributed by atoms with Crippen LogP contribution in [0, 0.1) is 0 Å². The molecule has 0 radical (unpaired) electrons. The molecule has 2 atom stereocenters. The second-order valence-corrected chi connectivity index (χ2v) is 6.26. The number of carbonyl (C=O) groups is 1. The lowest BCUT2D eigenvalue weighted by molar-refractivity contribution is -0.177. The number of rotatable bonds is 2. The van der Waals surface area contributed by atoms with E-state index < -0.39 is 11.9 Å². The number of ether oxygens (including phenoxy) is 1. The Morgan fingerprint density at radius 2 is 1.59 bits per heavy atom. The van der Waals surface area contributed by atoms with E-state index in [1.54, 1.807) is 6.92 Å². The summed E-state index contributed by atoms with van der Waals surface area (Å²) in [6, 6.07) is 15.6. The van der Waals surface area contributed by atoms with Gasteiger partial charge in [0.25, 0.3) is 0 Å². The monoisotopic (exact) mass is 358 g/mol. The molecule has 0 saturated heterocycles. The van der Waals surface area contributed by atoms with Gasteiger partial charge in [-0.1, -0.05) is 52.3 Å². The number of hydrogen-bond donors (Lipinski definition) is 1. The van der Waals surface area contributed by atoms with Gasteiger partial charge in [-0.3, -0.25) is 4.79 Å². The van der Waals surface area contributed by atoms with Gasteiger partial charge in [0.1, 0.15) is 0 Å². The summed E-state index contributed by atoms with van der Waals surface area (Å²) in [4.78, 5) is 12.1. The minimum atomic E-state index is -1.15. The average molecular weight is 359 g/mol. The molecule has 1 aliphatic heterocycles. The highest BCUT2D eigenvalue weighted by molar-refractivity contribution is 9.10. The molecule has 0 aliphatic carbocycles. The number of benzene rings is 2. The fraction of sp³-hybridized carbons (Fsp3) is 0.167. The maximum atomic E-state index is 12.1. The Morgan fingerprint density at radius 1 is 1.05 bits per heavy atom. The number of ketones is 1. The summed E-state index contributed by atoms with van der Waals surface area (Å²) in [5, 5.41) is 9.62. The molecule has 0 aromatic heterocycles. The van der Waals surface area contributed by atoms with Gasteiger partial charge in [0.2, 0.25) is 0 Å². The fourth-order valence-corrected chi connectivity index (χ4v) is 2.77. The molecule has 0 amide bonds. The molecule has 112 valence electrons. The Balaban J connectivity index is 1.93.